The van der Waals surface area contributed by atoms with E-state index < -0.39 is 0 Å². The molecule has 1 aliphatic rings. The zero-order chi connectivity index (χ0) is 10.6. The van der Waals surface area contributed by atoms with Crippen molar-refractivity contribution < 1.29 is 4.79 Å². The maximum atomic E-state index is 11.6. The summed E-state index contributed by atoms with van der Waals surface area (Å²) in [6, 6.07) is 0.281. The van der Waals surface area contributed by atoms with Crippen LogP contribution >= 0.6 is 0 Å². The summed E-state index contributed by atoms with van der Waals surface area (Å²) in [4.78, 5) is 11.6. The number of rotatable bonds is 5. The molecule has 3 nitrogen and oxygen atoms in total. The fourth-order valence-electron chi connectivity index (χ4n) is 1.92. The van der Waals surface area contributed by atoms with E-state index >= 15 is 0 Å². The maximum absolute atomic E-state index is 11.6. The Balaban J connectivity index is 2.21. The van der Waals surface area contributed by atoms with Crippen molar-refractivity contribution in [3.63, 3.8) is 0 Å². The Morgan fingerprint density at radius 2 is 2.14 bits per heavy atom. The first kappa shape index (κ1) is 11.5. The second kappa shape index (κ2) is 4.78. The highest BCUT2D eigenvalue weighted by Crippen LogP contribution is 2.30. The number of carbonyl (C=O) groups is 1. The zero-order valence-corrected chi connectivity index (χ0v) is 9.52. The topological polar surface area (TPSA) is 41.1 Å². The van der Waals surface area contributed by atoms with Gasteiger partial charge in [0.15, 0.2) is 0 Å². The van der Waals surface area contributed by atoms with E-state index in [0.717, 1.165) is 19.4 Å². The van der Waals surface area contributed by atoms with Crippen molar-refractivity contribution in [3.8, 4) is 0 Å². The van der Waals surface area contributed by atoms with Crippen molar-refractivity contribution in [2.24, 2.45) is 0 Å². The minimum absolute atomic E-state index is 0.100. The normalized spacial score (nSPS) is 21.1. The molecule has 14 heavy (non-hydrogen) atoms. The third-order valence-corrected chi connectivity index (χ3v) is 2.94. The molecule has 3 heteroatoms. The Bertz CT molecular complexity index is 199. The molecule has 0 spiro atoms. The van der Waals surface area contributed by atoms with Gasteiger partial charge in [-0.1, -0.05) is 6.92 Å². The van der Waals surface area contributed by atoms with Crippen molar-refractivity contribution in [1.29, 1.82) is 0 Å². The minimum atomic E-state index is 0.100. The standard InChI is InChI=1S/C11H22N2O/c1-4-12-9(2)8-10(14)13-11(3)6-5-7-11/h9,12H,4-8H2,1-3H3,(H,13,14). The van der Waals surface area contributed by atoms with Crippen LogP contribution < -0.4 is 10.6 Å². The van der Waals surface area contributed by atoms with Crippen molar-refractivity contribution >= 4 is 5.91 Å². The van der Waals surface area contributed by atoms with Gasteiger partial charge in [-0.3, -0.25) is 4.79 Å². The molecular weight excluding hydrogens is 176 g/mol. The number of hydrogen-bond donors (Lipinski definition) is 2. The van der Waals surface area contributed by atoms with E-state index in [1.165, 1.54) is 6.42 Å². The van der Waals surface area contributed by atoms with E-state index in [1.807, 2.05) is 6.92 Å². The monoisotopic (exact) mass is 198 g/mol. The lowest BCUT2D eigenvalue weighted by molar-refractivity contribution is -0.124. The molecule has 1 aliphatic carbocycles. The lowest BCUT2D eigenvalue weighted by Gasteiger charge is -2.39. The van der Waals surface area contributed by atoms with Crippen molar-refractivity contribution in [3.05, 3.63) is 0 Å². The summed E-state index contributed by atoms with van der Waals surface area (Å²) < 4.78 is 0. The summed E-state index contributed by atoms with van der Waals surface area (Å²) in [6.45, 7) is 7.16. The third-order valence-electron chi connectivity index (χ3n) is 2.94. The van der Waals surface area contributed by atoms with Crippen LogP contribution in [0.25, 0.3) is 0 Å². The summed E-state index contributed by atoms with van der Waals surface area (Å²) in [5.74, 6) is 0.181. The molecule has 1 amide bonds. The molecule has 2 N–H and O–H groups in total. The Hall–Kier alpha value is -0.570. The Kier molecular flexibility index (Phi) is 3.93. The van der Waals surface area contributed by atoms with E-state index in [-0.39, 0.29) is 17.5 Å². The molecule has 1 fully saturated rings. The molecule has 1 saturated carbocycles. The van der Waals surface area contributed by atoms with Gasteiger partial charge >= 0.3 is 0 Å². The maximum Gasteiger partial charge on any atom is 0.221 e. The molecule has 0 heterocycles. The van der Waals surface area contributed by atoms with Crippen molar-refractivity contribution in [2.75, 3.05) is 6.54 Å². The Morgan fingerprint density at radius 1 is 1.50 bits per heavy atom. The number of amides is 1. The van der Waals surface area contributed by atoms with Crippen LogP contribution in [0, 0.1) is 0 Å². The van der Waals surface area contributed by atoms with Crippen LogP contribution in [0.2, 0.25) is 0 Å². The first-order chi connectivity index (χ1) is 6.56. The Morgan fingerprint density at radius 3 is 2.57 bits per heavy atom. The molecule has 0 bridgehead atoms. The van der Waals surface area contributed by atoms with E-state index in [1.54, 1.807) is 0 Å². The molecule has 0 aromatic rings. The van der Waals surface area contributed by atoms with E-state index in [0.29, 0.717) is 6.42 Å². The number of nitrogens with one attached hydrogen (secondary N) is 2. The highest BCUT2D eigenvalue weighted by Gasteiger charge is 2.33. The molecular formula is C11H22N2O. The molecule has 0 aliphatic heterocycles. The lowest BCUT2D eigenvalue weighted by Crippen LogP contribution is -2.51. The summed E-state index contributed by atoms with van der Waals surface area (Å²) in [6.07, 6.45) is 4.10. The molecule has 0 radical (unpaired) electrons. The van der Waals surface area contributed by atoms with E-state index in [4.69, 9.17) is 0 Å². The minimum Gasteiger partial charge on any atom is -0.351 e. The van der Waals surface area contributed by atoms with Crippen LogP contribution in [0.1, 0.15) is 46.5 Å². The van der Waals surface area contributed by atoms with Gasteiger partial charge in [0.05, 0.1) is 0 Å². The van der Waals surface area contributed by atoms with Crippen molar-refractivity contribution in [2.45, 2.75) is 58.0 Å². The second-order valence-corrected chi connectivity index (χ2v) is 4.63. The van der Waals surface area contributed by atoms with Crippen molar-refractivity contribution in [1.82, 2.24) is 10.6 Å². The van der Waals surface area contributed by atoms with Crippen LogP contribution in [0.5, 0.6) is 0 Å². The molecule has 0 aromatic carbocycles. The first-order valence-corrected chi connectivity index (χ1v) is 5.60. The van der Waals surface area contributed by atoms with Gasteiger partial charge in [-0.25, -0.2) is 0 Å². The predicted molar refractivity (Wildman–Crippen MR) is 58.2 cm³/mol. The number of hydrogen-bond acceptors (Lipinski definition) is 2. The highest BCUT2D eigenvalue weighted by atomic mass is 16.1. The van der Waals surface area contributed by atoms with Crippen LogP contribution in [-0.4, -0.2) is 24.0 Å². The largest absolute Gasteiger partial charge is 0.351 e. The highest BCUT2D eigenvalue weighted by molar-refractivity contribution is 5.77. The van der Waals surface area contributed by atoms with Gasteiger partial charge in [-0.05, 0) is 39.7 Å². The van der Waals surface area contributed by atoms with Crippen LogP contribution in [0.3, 0.4) is 0 Å². The van der Waals surface area contributed by atoms with Crippen LogP contribution in [-0.2, 0) is 4.79 Å². The van der Waals surface area contributed by atoms with Crippen LogP contribution in [0.4, 0.5) is 0 Å². The fourth-order valence-corrected chi connectivity index (χ4v) is 1.92. The van der Waals surface area contributed by atoms with Gasteiger partial charge in [0.2, 0.25) is 5.91 Å². The van der Waals surface area contributed by atoms with Gasteiger partial charge in [-0.15, -0.1) is 0 Å². The van der Waals surface area contributed by atoms with E-state index in [2.05, 4.69) is 24.5 Å². The molecule has 82 valence electrons. The summed E-state index contributed by atoms with van der Waals surface area (Å²) in [5, 5.41) is 6.34. The van der Waals surface area contributed by atoms with Gasteiger partial charge in [0.25, 0.3) is 0 Å². The average molecular weight is 198 g/mol. The zero-order valence-electron chi connectivity index (χ0n) is 9.52. The fraction of sp³-hybridized carbons (Fsp3) is 0.909. The number of carbonyl (C=O) groups excluding carboxylic acids is 1. The molecule has 1 unspecified atom stereocenters. The summed E-state index contributed by atoms with van der Waals surface area (Å²) in [5.41, 5.74) is 0.100. The SMILES string of the molecule is CCNC(C)CC(=O)NC1(C)CCC1. The Labute approximate surface area is 86.6 Å². The smallest absolute Gasteiger partial charge is 0.221 e. The quantitative estimate of drug-likeness (QED) is 0.701. The summed E-state index contributed by atoms with van der Waals surface area (Å²) in [7, 11) is 0. The van der Waals surface area contributed by atoms with Gasteiger partial charge < -0.3 is 10.6 Å². The molecule has 0 saturated heterocycles. The average Bonchev–Trinajstić information content (AvgIpc) is 2.01. The molecule has 1 atom stereocenters. The predicted octanol–water partition coefficient (Wildman–Crippen LogP) is 1.43. The third kappa shape index (κ3) is 3.29. The van der Waals surface area contributed by atoms with Gasteiger partial charge in [0, 0.05) is 18.0 Å². The van der Waals surface area contributed by atoms with Gasteiger partial charge in [-0.2, -0.15) is 0 Å². The lowest BCUT2D eigenvalue weighted by atomic mass is 9.78. The van der Waals surface area contributed by atoms with Crippen LogP contribution in [0.15, 0.2) is 0 Å². The molecule has 0 aromatic heterocycles. The molecule has 1 rings (SSSR count). The summed E-state index contributed by atoms with van der Waals surface area (Å²) >= 11 is 0. The first-order valence-electron chi connectivity index (χ1n) is 5.60. The second-order valence-electron chi connectivity index (χ2n) is 4.63. The van der Waals surface area contributed by atoms with Gasteiger partial charge in [0.1, 0.15) is 0 Å². The van der Waals surface area contributed by atoms with E-state index in [9.17, 15) is 4.79 Å².